The van der Waals surface area contributed by atoms with Gasteiger partial charge in [0.15, 0.2) is 0 Å². The van der Waals surface area contributed by atoms with Gasteiger partial charge in [0.1, 0.15) is 17.3 Å². The van der Waals surface area contributed by atoms with Crippen LogP contribution in [0, 0.1) is 5.41 Å². The molecule has 1 aromatic heterocycles. The van der Waals surface area contributed by atoms with E-state index in [0.29, 0.717) is 11.3 Å². The lowest BCUT2D eigenvalue weighted by Crippen LogP contribution is -2.29. The topological polar surface area (TPSA) is 156 Å². The fourth-order valence-electron chi connectivity index (χ4n) is 2.44. The van der Waals surface area contributed by atoms with Crippen molar-refractivity contribution in [3.05, 3.63) is 65.6 Å². The van der Waals surface area contributed by atoms with E-state index in [0.717, 1.165) is 10.8 Å². The van der Waals surface area contributed by atoms with E-state index in [9.17, 15) is 14.4 Å². The maximum Gasteiger partial charge on any atom is 0.394 e. The monoisotopic (exact) mass is 381 g/mol. The van der Waals surface area contributed by atoms with Crippen LogP contribution in [-0.2, 0) is 16.1 Å². The van der Waals surface area contributed by atoms with Crippen LogP contribution in [0.3, 0.4) is 0 Å². The minimum absolute atomic E-state index is 0.0365. The number of esters is 1. The van der Waals surface area contributed by atoms with Crippen LogP contribution in [0.15, 0.2) is 52.9 Å². The highest BCUT2D eigenvalue weighted by molar-refractivity contribution is 6.31. The number of benzene rings is 2. The number of carboxylic acids is 1. The smallest absolute Gasteiger partial charge is 0.394 e. The molecule has 9 heteroatoms. The van der Waals surface area contributed by atoms with E-state index in [-0.39, 0.29) is 23.9 Å². The number of hydrogen-bond acceptors (Lipinski definition) is 6. The number of amides is 1. The highest BCUT2D eigenvalue weighted by Crippen LogP contribution is 2.23. The molecule has 0 unspecified atom stereocenters. The molecule has 2 aromatic carbocycles. The number of amidine groups is 1. The van der Waals surface area contributed by atoms with Crippen molar-refractivity contribution in [1.82, 2.24) is 5.32 Å². The minimum atomic E-state index is -1.61. The largest absolute Gasteiger partial charge is 0.474 e. The summed E-state index contributed by atoms with van der Waals surface area (Å²) in [5.41, 5.74) is 6.06. The average molecular weight is 381 g/mol. The summed E-state index contributed by atoms with van der Waals surface area (Å²) < 4.78 is 10.5. The van der Waals surface area contributed by atoms with Crippen molar-refractivity contribution in [2.75, 3.05) is 0 Å². The quantitative estimate of drug-likeness (QED) is 0.172. The molecule has 0 saturated heterocycles. The number of nitrogens with two attached hydrogens (primary N) is 1. The van der Waals surface area contributed by atoms with Gasteiger partial charge in [-0.05, 0) is 41.1 Å². The zero-order chi connectivity index (χ0) is 20.3. The second-order valence-electron chi connectivity index (χ2n) is 5.78. The Balaban J connectivity index is 1.69. The number of carboxylic acid groups (broad SMARTS) is 1. The summed E-state index contributed by atoms with van der Waals surface area (Å²) in [6.07, 6.45) is 0. The van der Waals surface area contributed by atoms with Gasteiger partial charge < -0.3 is 25.3 Å². The number of rotatable bonds is 5. The summed E-state index contributed by atoms with van der Waals surface area (Å²) in [6, 6.07) is 13.0. The number of furan rings is 1. The zero-order valence-electron chi connectivity index (χ0n) is 14.4. The molecule has 0 spiro atoms. The number of hydrogen-bond donors (Lipinski definition) is 4. The first-order chi connectivity index (χ1) is 13.3. The fraction of sp³-hybridized carbons (Fsp3) is 0.0526. The number of nitrogen functional groups attached to an aromatic ring is 1. The molecule has 1 amide bonds. The maximum absolute atomic E-state index is 12.2. The van der Waals surface area contributed by atoms with E-state index in [4.69, 9.17) is 25.4 Å². The third kappa shape index (κ3) is 4.15. The predicted molar refractivity (Wildman–Crippen MR) is 98.1 cm³/mol. The molecule has 0 fully saturated rings. The Hall–Kier alpha value is -4.14. The normalized spacial score (nSPS) is 10.4. The molecule has 0 atom stereocenters. The first-order valence-corrected chi connectivity index (χ1v) is 8.04. The molecule has 28 heavy (non-hydrogen) atoms. The lowest BCUT2D eigenvalue weighted by atomic mass is 10.1. The van der Waals surface area contributed by atoms with Crippen LogP contribution in [-0.4, -0.2) is 28.8 Å². The minimum Gasteiger partial charge on any atom is -0.474 e. The van der Waals surface area contributed by atoms with Gasteiger partial charge in [-0.2, -0.15) is 0 Å². The van der Waals surface area contributed by atoms with Gasteiger partial charge in [-0.25, -0.2) is 9.59 Å². The third-order valence-electron chi connectivity index (χ3n) is 3.81. The summed E-state index contributed by atoms with van der Waals surface area (Å²) in [5.74, 6) is -3.16. The zero-order valence-corrected chi connectivity index (χ0v) is 14.4. The lowest BCUT2D eigenvalue weighted by Gasteiger charge is -2.06. The van der Waals surface area contributed by atoms with Gasteiger partial charge in [0.05, 0.1) is 6.54 Å². The van der Waals surface area contributed by atoms with Crippen LogP contribution < -0.4 is 15.8 Å². The molecular weight excluding hydrogens is 366 g/mol. The second-order valence-corrected chi connectivity index (χ2v) is 5.78. The Morgan fingerprint density at radius 1 is 1.07 bits per heavy atom. The molecule has 0 aliphatic rings. The number of nitrogens with one attached hydrogen (secondary N) is 2. The summed E-state index contributed by atoms with van der Waals surface area (Å²) in [5, 5.41) is 19.7. The molecule has 9 nitrogen and oxygen atoms in total. The van der Waals surface area contributed by atoms with E-state index >= 15 is 0 Å². The Labute approximate surface area is 158 Å². The molecule has 0 radical (unpaired) electrons. The van der Waals surface area contributed by atoms with E-state index in [1.807, 2.05) is 0 Å². The second kappa shape index (κ2) is 7.62. The molecule has 142 valence electrons. The van der Waals surface area contributed by atoms with Crippen molar-refractivity contribution < 1.29 is 28.6 Å². The van der Waals surface area contributed by atoms with Gasteiger partial charge in [-0.15, -0.1) is 0 Å². The summed E-state index contributed by atoms with van der Waals surface area (Å²) >= 11 is 0. The molecule has 0 aliphatic heterocycles. The van der Waals surface area contributed by atoms with Crippen molar-refractivity contribution in [2.45, 2.75) is 6.54 Å². The molecule has 5 N–H and O–H groups in total. The third-order valence-corrected chi connectivity index (χ3v) is 3.81. The average Bonchev–Trinajstić information content (AvgIpc) is 3.14. The van der Waals surface area contributed by atoms with Crippen LogP contribution in [0.5, 0.6) is 5.75 Å². The van der Waals surface area contributed by atoms with Crippen LogP contribution >= 0.6 is 0 Å². The van der Waals surface area contributed by atoms with Gasteiger partial charge in [0.25, 0.3) is 0 Å². The van der Waals surface area contributed by atoms with Gasteiger partial charge >= 0.3 is 17.8 Å². The van der Waals surface area contributed by atoms with Crippen LogP contribution in [0.25, 0.3) is 10.8 Å². The van der Waals surface area contributed by atoms with Crippen molar-refractivity contribution >= 4 is 34.5 Å². The van der Waals surface area contributed by atoms with E-state index in [2.05, 4.69) is 5.32 Å². The number of carbonyl (C=O) groups is 3. The van der Waals surface area contributed by atoms with Gasteiger partial charge in [-0.1, -0.05) is 18.2 Å². The van der Waals surface area contributed by atoms with Gasteiger partial charge in [-0.3, -0.25) is 10.2 Å². The first kappa shape index (κ1) is 18.6. The number of ether oxygens (including phenoxy) is 1. The van der Waals surface area contributed by atoms with Crippen LogP contribution in [0.2, 0.25) is 0 Å². The number of carbonyl (C=O) groups excluding carboxylic acids is 2. The molecule has 3 aromatic rings. The van der Waals surface area contributed by atoms with Crippen LogP contribution in [0.1, 0.15) is 21.9 Å². The van der Waals surface area contributed by atoms with Crippen molar-refractivity contribution in [1.29, 1.82) is 5.41 Å². The Morgan fingerprint density at radius 2 is 1.79 bits per heavy atom. The summed E-state index contributed by atoms with van der Waals surface area (Å²) in [4.78, 5) is 33.7. The fourth-order valence-corrected chi connectivity index (χ4v) is 2.44. The Bertz CT molecular complexity index is 1100. The molecule has 0 saturated carbocycles. The van der Waals surface area contributed by atoms with E-state index in [1.165, 1.54) is 12.1 Å². The van der Waals surface area contributed by atoms with Gasteiger partial charge in [0, 0.05) is 5.56 Å². The highest BCUT2D eigenvalue weighted by Gasteiger charge is 2.16. The maximum atomic E-state index is 12.2. The standard InChI is InChI=1S/C19H15N3O6/c20-16(21)12-2-1-11-8-13(4-3-10(11)7-12)28-19(26)15-6-5-14(27-15)9-22-17(23)18(24)25/h1-8H,9H2,(H3,20,21)(H,22,23)(H,24,25). The van der Waals surface area contributed by atoms with Gasteiger partial charge in [0.2, 0.25) is 5.76 Å². The molecule has 0 aliphatic carbocycles. The summed E-state index contributed by atoms with van der Waals surface area (Å²) in [6.45, 7) is -0.174. The molecular formula is C19H15N3O6. The van der Waals surface area contributed by atoms with E-state index < -0.39 is 17.8 Å². The number of fused-ring (bicyclic) bond motifs is 1. The lowest BCUT2D eigenvalue weighted by molar-refractivity contribution is -0.150. The molecule has 1 heterocycles. The van der Waals surface area contributed by atoms with E-state index in [1.54, 1.807) is 36.4 Å². The molecule has 0 bridgehead atoms. The SMILES string of the molecule is N=C(N)c1ccc2cc(OC(=O)c3ccc(CNC(=O)C(=O)O)o3)ccc2c1. The van der Waals surface area contributed by atoms with Crippen molar-refractivity contribution in [2.24, 2.45) is 5.73 Å². The van der Waals surface area contributed by atoms with Crippen LogP contribution in [0.4, 0.5) is 0 Å². The van der Waals surface area contributed by atoms with Crippen molar-refractivity contribution in [3.63, 3.8) is 0 Å². The predicted octanol–water partition coefficient (Wildman–Crippen LogP) is 1.64. The summed E-state index contributed by atoms with van der Waals surface area (Å²) in [7, 11) is 0. The first-order valence-electron chi connectivity index (χ1n) is 8.04. The number of aliphatic carboxylic acids is 1. The highest BCUT2D eigenvalue weighted by atomic mass is 16.5. The van der Waals surface area contributed by atoms with Crippen molar-refractivity contribution in [3.8, 4) is 5.75 Å². The Kier molecular flexibility index (Phi) is 5.07. The Morgan fingerprint density at radius 3 is 2.50 bits per heavy atom. The molecule has 3 rings (SSSR count).